The molecule has 0 aliphatic carbocycles. The molecule has 5 rings (SSSR count). The molecule has 33 heavy (non-hydrogen) atoms. The van der Waals surface area contributed by atoms with Gasteiger partial charge in [-0.25, -0.2) is 4.98 Å². The van der Waals surface area contributed by atoms with Gasteiger partial charge in [-0.15, -0.1) is 0 Å². The topological polar surface area (TPSA) is 47.4 Å². The molecular formula is C27H26ClN3O2. The summed E-state index contributed by atoms with van der Waals surface area (Å²) in [6.45, 7) is 3.84. The fourth-order valence-electron chi connectivity index (χ4n) is 4.49. The van der Waals surface area contributed by atoms with Crippen LogP contribution in [0.15, 0.2) is 72.8 Å². The van der Waals surface area contributed by atoms with Crippen LogP contribution in [0.25, 0.3) is 11.0 Å². The van der Waals surface area contributed by atoms with Crippen LogP contribution < -0.4 is 9.64 Å². The summed E-state index contributed by atoms with van der Waals surface area (Å²) < 4.78 is 8.14. The quantitative estimate of drug-likeness (QED) is 0.348. The number of benzene rings is 3. The number of halogens is 1. The van der Waals surface area contributed by atoms with Crippen LogP contribution in [0.3, 0.4) is 0 Å². The highest BCUT2D eigenvalue weighted by Crippen LogP contribution is 2.33. The molecule has 1 aromatic heterocycles. The van der Waals surface area contributed by atoms with E-state index in [1.54, 1.807) is 0 Å². The van der Waals surface area contributed by atoms with Crippen LogP contribution in [0.1, 0.15) is 30.7 Å². The zero-order valence-corrected chi connectivity index (χ0v) is 19.3. The van der Waals surface area contributed by atoms with Crippen LogP contribution in [0.4, 0.5) is 5.69 Å². The van der Waals surface area contributed by atoms with E-state index < -0.39 is 0 Å². The second-order valence-electron chi connectivity index (χ2n) is 8.31. The summed E-state index contributed by atoms with van der Waals surface area (Å²) in [5.74, 6) is 1.76. The number of carbonyl (C=O) groups excluding carboxylic acids is 1. The van der Waals surface area contributed by atoms with E-state index in [9.17, 15) is 4.79 Å². The molecular weight excluding hydrogens is 434 g/mol. The maximum Gasteiger partial charge on any atom is 0.227 e. The first-order valence-corrected chi connectivity index (χ1v) is 11.7. The number of amides is 1. The summed E-state index contributed by atoms with van der Waals surface area (Å²) in [6, 6.07) is 23.8. The van der Waals surface area contributed by atoms with Gasteiger partial charge in [-0.1, -0.05) is 54.9 Å². The molecule has 0 saturated carbocycles. The minimum atomic E-state index is 0.0241. The Bertz CT molecular complexity index is 1280. The lowest BCUT2D eigenvalue weighted by Gasteiger charge is -2.18. The second kappa shape index (κ2) is 9.28. The summed E-state index contributed by atoms with van der Waals surface area (Å²) in [5, 5.41) is 0.597. The van der Waals surface area contributed by atoms with Gasteiger partial charge in [0.15, 0.2) is 0 Å². The third-order valence-electron chi connectivity index (χ3n) is 6.24. The number of ether oxygens (including phenoxy) is 1. The van der Waals surface area contributed by atoms with Gasteiger partial charge < -0.3 is 14.2 Å². The molecule has 168 valence electrons. The Morgan fingerprint density at radius 2 is 1.79 bits per heavy atom. The van der Waals surface area contributed by atoms with Gasteiger partial charge in [0.05, 0.1) is 22.6 Å². The number of fused-ring (bicyclic) bond motifs is 1. The highest BCUT2D eigenvalue weighted by atomic mass is 35.5. The third-order valence-corrected chi connectivity index (χ3v) is 6.55. The molecule has 1 aliphatic rings. The summed E-state index contributed by atoms with van der Waals surface area (Å²) in [6.07, 6.45) is 1.43. The lowest BCUT2D eigenvalue weighted by Crippen LogP contribution is -2.24. The smallest absolute Gasteiger partial charge is 0.227 e. The molecule has 1 saturated heterocycles. The van der Waals surface area contributed by atoms with Crippen LogP contribution >= 0.6 is 11.6 Å². The summed E-state index contributed by atoms with van der Waals surface area (Å²) >= 11 is 6.24. The molecule has 1 atom stereocenters. The molecule has 1 aliphatic heterocycles. The summed E-state index contributed by atoms with van der Waals surface area (Å²) in [5.41, 5.74) is 4.20. The number of hydrogen-bond acceptors (Lipinski definition) is 3. The van der Waals surface area contributed by atoms with Crippen molar-refractivity contribution in [2.45, 2.75) is 32.2 Å². The average molecular weight is 460 g/mol. The van der Waals surface area contributed by atoms with Crippen molar-refractivity contribution in [2.24, 2.45) is 0 Å². The Balaban J connectivity index is 1.39. The number of imidazole rings is 1. The van der Waals surface area contributed by atoms with Crippen molar-refractivity contribution >= 4 is 34.2 Å². The lowest BCUT2D eigenvalue weighted by molar-refractivity contribution is -0.117. The number of para-hydroxylation sites is 3. The predicted octanol–water partition coefficient (Wildman–Crippen LogP) is 5.85. The number of carbonyl (C=O) groups is 1. The van der Waals surface area contributed by atoms with Crippen LogP contribution in [-0.2, 0) is 17.8 Å². The summed E-state index contributed by atoms with van der Waals surface area (Å²) in [7, 11) is 0. The van der Waals surface area contributed by atoms with Crippen molar-refractivity contribution in [3.05, 3.63) is 89.2 Å². The van der Waals surface area contributed by atoms with E-state index in [1.165, 1.54) is 5.56 Å². The molecule has 5 nitrogen and oxygen atoms in total. The number of aryl methyl sites for hydroxylation is 1. The predicted molar refractivity (Wildman–Crippen MR) is 132 cm³/mol. The van der Waals surface area contributed by atoms with Gasteiger partial charge in [0.2, 0.25) is 5.91 Å². The maximum absolute atomic E-state index is 12.9. The standard InChI is InChI=1S/C27H26ClN3O2/c1-2-19-11-13-21(14-12-19)31-18-20(17-26(31)32)27-29-23-8-4-5-9-24(23)30(27)15-16-33-25-10-6-3-7-22(25)28/h3-14,20H,2,15-18H2,1H3/t20-/m1/s1. The van der Waals surface area contributed by atoms with Crippen molar-refractivity contribution in [1.29, 1.82) is 0 Å². The van der Waals surface area contributed by atoms with Crippen LogP contribution in [0.2, 0.25) is 5.02 Å². The summed E-state index contributed by atoms with van der Waals surface area (Å²) in [4.78, 5) is 19.7. The van der Waals surface area contributed by atoms with E-state index in [-0.39, 0.29) is 11.8 Å². The van der Waals surface area contributed by atoms with Gasteiger partial charge >= 0.3 is 0 Å². The van der Waals surface area contributed by atoms with Crippen molar-refractivity contribution in [3.8, 4) is 5.75 Å². The normalized spacial score (nSPS) is 16.0. The molecule has 1 amide bonds. The Kier molecular flexibility index (Phi) is 6.05. The molecule has 3 aromatic carbocycles. The van der Waals surface area contributed by atoms with Gasteiger partial charge in [0.1, 0.15) is 18.2 Å². The van der Waals surface area contributed by atoms with Crippen molar-refractivity contribution in [3.63, 3.8) is 0 Å². The van der Waals surface area contributed by atoms with Gasteiger partial charge in [0, 0.05) is 24.6 Å². The molecule has 0 radical (unpaired) electrons. The number of hydrogen-bond donors (Lipinski definition) is 0. The number of nitrogens with zero attached hydrogens (tertiary/aromatic N) is 3. The lowest BCUT2D eigenvalue weighted by atomic mass is 10.1. The van der Waals surface area contributed by atoms with Crippen LogP contribution in [-0.4, -0.2) is 28.6 Å². The van der Waals surface area contributed by atoms with Crippen molar-refractivity contribution in [1.82, 2.24) is 9.55 Å². The van der Waals surface area contributed by atoms with E-state index in [4.69, 9.17) is 21.3 Å². The fraction of sp³-hybridized carbons (Fsp3) is 0.259. The van der Waals surface area contributed by atoms with Crippen molar-refractivity contribution < 1.29 is 9.53 Å². The monoisotopic (exact) mass is 459 g/mol. The minimum Gasteiger partial charge on any atom is -0.490 e. The average Bonchev–Trinajstić information content (AvgIpc) is 3.41. The van der Waals surface area contributed by atoms with Crippen LogP contribution in [0, 0.1) is 0 Å². The molecule has 1 fully saturated rings. The van der Waals surface area contributed by atoms with E-state index in [2.05, 4.69) is 29.7 Å². The molecule has 6 heteroatoms. The first-order valence-electron chi connectivity index (χ1n) is 11.4. The highest BCUT2D eigenvalue weighted by molar-refractivity contribution is 6.32. The Labute approximate surface area is 198 Å². The Morgan fingerprint density at radius 1 is 1.03 bits per heavy atom. The third kappa shape index (κ3) is 4.33. The first-order chi connectivity index (χ1) is 16.1. The van der Waals surface area contributed by atoms with Crippen LogP contribution in [0.5, 0.6) is 5.75 Å². The molecule has 2 heterocycles. The zero-order valence-electron chi connectivity index (χ0n) is 18.6. The molecule has 0 unspecified atom stereocenters. The SMILES string of the molecule is CCc1ccc(N2C[C@H](c3nc4ccccc4n3CCOc3ccccc3Cl)CC2=O)cc1. The minimum absolute atomic E-state index is 0.0241. The van der Waals surface area contributed by atoms with Gasteiger partial charge in [-0.05, 0) is 48.4 Å². The van der Waals surface area contributed by atoms with Gasteiger partial charge in [-0.3, -0.25) is 4.79 Å². The number of rotatable bonds is 7. The van der Waals surface area contributed by atoms with E-state index in [0.29, 0.717) is 36.9 Å². The second-order valence-corrected chi connectivity index (χ2v) is 8.72. The van der Waals surface area contributed by atoms with Crippen molar-refractivity contribution in [2.75, 3.05) is 18.1 Å². The Hall–Kier alpha value is -3.31. The van der Waals surface area contributed by atoms with E-state index in [0.717, 1.165) is 29.0 Å². The van der Waals surface area contributed by atoms with E-state index in [1.807, 2.05) is 59.5 Å². The highest BCUT2D eigenvalue weighted by Gasteiger charge is 2.34. The first kappa shape index (κ1) is 21.5. The van der Waals surface area contributed by atoms with Gasteiger partial charge in [-0.2, -0.15) is 0 Å². The number of anilines is 1. The van der Waals surface area contributed by atoms with Gasteiger partial charge in [0.25, 0.3) is 0 Å². The van der Waals surface area contributed by atoms with E-state index >= 15 is 0 Å². The zero-order chi connectivity index (χ0) is 22.8. The largest absolute Gasteiger partial charge is 0.490 e. The molecule has 0 N–H and O–H groups in total. The molecule has 0 spiro atoms. The fourth-order valence-corrected chi connectivity index (χ4v) is 4.68. The molecule has 4 aromatic rings. The Morgan fingerprint density at radius 3 is 2.58 bits per heavy atom. The maximum atomic E-state index is 12.9. The number of aromatic nitrogens is 2. The molecule has 0 bridgehead atoms.